The van der Waals surface area contributed by atoms with E-state index in [-0.39, 0.29) is 29.8 Å². The van der Waals surface area contributed by atoms with E-state index in [0.717, 1.165) is 25.9 Å². The first-order valence-corrected chi connectivity index (χ1v) is 6.39. The van der Waals surface area contributed by atoms with E-state index in [1.807, 2.05) is 6.92 Å². The predicted molar refractivity (Wildman–Crippen MR) is 71.0 cm³/mol. The summed E-state index contributed by atoms with van der Waals surface area (Å²) in [5.41, 5.74) is -0.270. The molecule has 2 unspecified atom stereocenters. The molecule has 2 atom stereocenters. The molecule has 0 aromatic rings. The zero-order valence-electron chi connectivity index (χ0n) is 10.9. The first-order valence-electron chi connectivity index (χ1n) is 6.39. The highest BCUT2D eigenvalue weighted by Gasteiger charge is 2.34. The third-order valence-corrected chi connectivity index (χ3v) is 3.52. The quantitative estimate of drug-likeness (QED) is 0.781. The van der Waals surface area contributed by atoms with Crippen molar-refractivity contribution >= 4 is 18.3 Å². The first kappa shape index (κ1) is 15.7. The van der Waals surface area contributed by atoms with Crippen molar-refractivity contribution < 1.29 is 14.3 Å². The molecule has 106 valence electrons. The standard InChI is InChI=1S/C12H22N2O3.ClH/c1-12(3-2-4-13-9-12)11(15)14-7-10-8-16-5-6-17-10;/h10,13H,2-9H2,1H3,(H,14,15);1H. The van der Waals surface area contributed by atoms with Crippen LogP contribution in [0.4, 0.5) is 0 Å². The number of amides is 1. The minimum atomic E-state index is -0.270. The van der Waals surface area contributed by atoms with E-state index in [1.165, 1.54) is 0 Å². The van der Waals surface area contributed by atoms with Gasteiger partial charge in [-0.1, -0.05) is 0 Å². The van der Waals surface area contributed by atoms with Gasteiger partial charge in [0.1, 0.15) is 0 Å². The van der Waals surface area contributed by atoms with Crippen molar-refractivity contribution in [1.82, 2.24) is 10.6 Å². The Bertz CT molecular complexity index is 264. The Morgan fingerprint density at radius 3 is 2.94 bits per heavy atom. The monoisotopic (exact) mass is 278 g/mol. The van der Waals surface area contributed by atoms with Crippen LogP contribution in [0.25, 0.3) is 0 Å². The zero-order chi connectivity index (χ0) is 12.1. The summed E-state index contributed by atoms with van der Waals surface area (Å²) >= 11 is 0. The SMILES string of the molecule is CC1(C(=O)NCC2COCCO2)CCCNC1.Cl. The second-order valence-corrected chi connectivity index (χ2v) is 5.12. The number of hydrogen-bond donors (Lipinski definition) is 2. The average Bonchev–Trinajstić information content (AvgIpc) is 2.38. The maximum absolute atomic E-state index is 12.1. The number of nitrogens with one attached hydrogen (secondary N) is 2. The van der Waals surface area contributed by atoms with Crippen LogP contribution in [0.3, 0.4) is 0 Å². The molecule has 0 aliphatic carbocycles. The Morgan fingerprint density at radius 1 is 1.50 bits per heavy atom. The van der Waals surface area contributed by atoms with E-state index in [2.05, 4.69) is 10.6 Å². The molecular formula is C12H23ClN2O3. The molecule has 2 heterocycles. The second-order valence-electron chi connectivity index (χ2n) is 5.12. The molecule has 18 heavy (non-hydrogen) atoms. The largest absolute Gasteiger partial charge is 0.376 e. The summed E-state index contributed by atoms with van der Waals surface area (Å²) in [6, 6.07) is 0. The normalized spacial score (nSPS) is 32.4. The summed E-state index contributed by atoms with van der Waals surface area (Å²) in [5, 5.41) is 6.26. The van der Waals surface area contributed by atoms with Gasteiger partial charge >= 0.3 is 0 Å². The van der Waals surface area contributed by atoms with Crippen LogP contribution < -0.4 is 10.6 Å². The van der Waals surface area contributed by atoms with Gasteiger partial charge in [0, 0.05) is 13.1 Å². The van der Waals surface area contributed by atoms with Gasteiger partial charge in [-0.25, -0.2) is 0 Å². The van der Waals surface area contributed by atoms with Crippen LogP contribution in [0.15, 0.2) is 0 Å². The molecule has 2 fully saturated rings. The van der Waals surface area contributed by atoms with Crippen LogP contribution >= 0.6 is 12.4 Å². The van der Waals surface area contributed by atoms with Crippen molar-refractivity contribution in [3.05, 3.63) is 0 Å². The van der Waals surface area contributed by atoms with Gasteiger partial charge < -0.3 is 20.1 Å². The van der Waals surface area contributed by atoms with Crippen molar-refractivity contribution in [2.75, 3.05) is 39.5 Å². The molecule has 0 saturated carbocycles. The maximum atomic E-state index is 12.1. The Morgan fingerprint density at radius 2 is 2.33 bits per heavy atom. The van der Waals surface area contributed by atoms with E-state index in [0.29, 0.717) is 26.4 Å². The highest BCUT2D eigenvalue weighted by Crippen LogP contribution is 2.25. The number of piperidine rings is 1. The number of rotatable bonds is 3. The van der Waals surface area contributed by atoms with Crippen LogP contribution in [0.5, 0.6) is 0 Å². The van der Waals surface area contributed by atoms with Gasteiger partial charge in [0.15, 0.2) is 0 Å². The van der Waals surface area contributed by atoms with E-state index in [1.54, 1.807) is 0 Å². The number of ether oxygens (including phenoxy) is 2. The Balaban J connectivity index is 0.00000162. The van der Waals surface area contributed by atoms with Crippen LogP contribution in [0, 0.1) is 5.41 Å². The Hall–Kier alpha value is -0.360. The Labute approximate surface area is 114 Å². The summed E-state index contributed by atoms with van der Waals surface area (Å²) < 4.78 is 10.8. The lowest BCUT2D eigenvalue weighted by atomic mass is 9.82. The minimum absolute atomic E-state index is 0. The molecular weight excluding hydrogens is 256 g/mol. The first-order chi connectivity index (χ1) is 8.21. The number of carbonyl (C=O) groups is 1. The van der Waals surface area contributed by atoms with Gasteiger partial charge in [-0.2, -0.15) is 0 Å². The highest BCUT2D eigenvalue weighted by atomic mass is 35.5. The predicted octanol–water partition coefficient (Wildman–Crippen LogP) is 0.330. The number of halogens is 1. The molecule has 2 aliphatic rings. The highest BCUT2D eigenvalue weighted by molar-refractivity contribution is 5.85. The molecule has 0 spiro atoms. The van der Waals surface area contributed by atoms with Gasteiger partial charge in [0.05, 0.1) is 31.3 Å². The molecule has 2 saturated heterocycles. The van der Waals surface area contributed by atoms with Gasteiger partial charge in [-0.15, -0.1) is 12.4 Å². The van der Waals surface area contributed by atoms with Gasteiger partial charge in [0.2, 0.25) is 5.91 Å². The third kappa shape index (κ3) is 4.09. The van der Waals surface area contributed by atoms with Crippen molar-refractivity contribution in [3.63, 3.8) is 0 Å². The van der Waals surface area contributed by atoms with E-state index in [4.69, 9.17) is 9.47 Å². The minimum Gasteiger partial charge on any atom is -0.376 e. The van der Waals surface area contributed by atoms with Crippen molar-refractivity contribution in [2.45, 2.75) is 25.9 Å². The third-order valence-electron chi connectivity index (χ3n) is 3.52. The fourth-order valence-electron chi connectivity index (χ4n) is 2.32. The summed E-state index contributed by atoms with van der Waals surface area (Å²) in [7, 11) is 0. The zero-order valence-corrected chi connectivity index (χ0v) is 11.7. The second kappa shape index (κ2) is 7.28. The van der Waals surface area contributed by atoms with Gasteiger partial charge in [0.25, 0.3) is 0 Å². The molecule has 0 bridgehead atoms. The molecule has 5 nitrogen and oxygen atoms in total. The summed E-state index contributed by atoms with van der Waals surface area (Å²) in [4.78, 5) is 12.1. The molecule has 0 aromatic carbocycles. The van der Waals surface area contributed by atoms with Crippen molar-refractivity contribution in [1.29, 1.82) is 0 Å². The van der Waals surface area contributed by atoms with Crippen LogP contribution in [0.1, 0.15) is 19.8 Å². The topological polar surface area (TPSA) is 59.6 Å². The number of carbonyl (C=O) groups excluding carboxylic acids is 1. The van der Waals surface area contributed by atoms with E-state index in [9.17, 15) is 4.79 Å². The van der Waals surface area contributed by atoms with Crippen LogP contribution in [-0.2, 0) is 14.3 Å². The maximum Gasteiger partial charge on any atom is 0.227 e. The van der Waals surface area contributed by atoms with Gasteiger partial charge in [-0.3, -0.25) is 4.79 Å². The lowest BCUT2D eigenvalue weighted by molar-refractivity contribution is -0.133. The Kier molecular flexibility index (Phi) is 6.35. The molecule has 2 rings (SSSR count). The molecule has 1 amide bonds. The number of hydrogen-bond acceptors (Lipinski definition) is 4. The molecule has 0 aromatic heterocycles. The molecule has 6 heteroatoms. The lowest BCUT2D eigenvalue weighted by Crippen LogP contribution is -2.51. The fraction of sp³-hybridized carbons (Fsp3) is 0.917. The van der Waals surface area contributed by atoms with Crippen molar-refractivity contribution in [2.24, 2.45) is 5.41 Å². The summed E-state index contributed by atoms with van der Waals surface area (Å²) in [6.45, 7) is 6.21. The van der Waals surface area contributed by atoms with E-state index < -0.39 is 0 Å². The van der Waals surface area contributed by atoms with Crippen molar-refractivity contribution in [3.8, 4) is 0 Å². The van der Waals surface area contributed by atoms with Gasteiger partial charge in [-0.05, 0) is 26.3 Å². The van der Waals surface area contributed by atoms with Crippen LogP contribution in [0.2, 0.25) is 0 Å². The van der Waals surface area contributed by atoms with Crippen LogP contribution in [-0.4, -0.2) is 51.5 Å². The average molecular weight is 279 g/mol. The molecule has 2 aliphatic heterocycles. The molecule has 2 N–H and O–H groups in total. The lowest BCUT2D eigenvalue weighted by Gasteiger charge is -2.33. The smallest absolute Gasteiger partial charge is 0.227 e. The molecule has 0 radical (unpaired) electrons. The summed E-state index contributed by atoms with van der Waals surface area (Å²) in [6.07, 6.45) is 2.02. The summed E-state index contributed by atoms with van der Waals surface area (Å²) in [5.74, 6) is 0.124. The van der Waals surface area contributed by atoms with E-state index >= 15 is 0 Å². The fourth-order valence-corrected chi connectivity index (χ4v) is 2.32.